The van der Waals surface area contributed by atoms with Gasteiger partial charge in [0.15, 0.2) is 0 Å². The zero-order valence-electron chi connectivity index (χ0n) is 46.3. The Morgan fingerprint density at radius 1 is 0.675 bits per heavy atom. The highest BCUT2D eigenvalue weighted by molar-refractivity contribution is 7.98. The highest BCUT2D eigenvalue weighted by atomic mass is 32.2. The number of aromatic amines is 3. The number of carbonyl (C=O) groups excluding carboxylic acids is 9. The number of aromatic nitrogens is 5. The van der Waals surface area contributed by atoms with Crippen LogP contribution in [0.3, 0.4) is 0 Å². The van der Waals surface area contributed by atoms with Crippen molar-refractivity contribution in [3.8, 4) is 0 Å². The van der Waals surface area contributed by atoms with Gasteiger partial charge in [-0.05, 0) is 74.3 Å². The maximum atomic E-state index is 14.4. The van der Waals surface area contributed by atoms with Gasteiger partial charge in [0, 0.05) is 72.7 Å². The number of benzene rings is 2. The zero-order valence-corrected chi connectivity index (χ0v) is 47.1. The largest absolute Gasteiger partial charge is 0.368 e. The van der Waals surface area contributed by atoms with Crippen molar-refractivity contribution in [3.63, 3.8) is 0 Å². The van der Waals surface area contributed by atoms with E-state index in [1.54, 1.807) is 27.1 Å². The Morgan fingerprint density at radius 2 is 1.26 bits per heavy atom. The summed E-state index contributed by atoms with van der Waals surface area (Å²) in [6, 6.07) is 8.48. The van der Waals surface area contributed by atoms with Crippen LogP contribution < -0.4 is 48.3 Å². The number of nitrogens with one attached hydrogen (secondary N) is 11. The second kappa shape index (κ2) is 31.5. The number of hydrogen-bond donors (Lipinski definition) is 12. The van der Waals surface area contributed by atoms with E-state index >= 15 is 0 Å². The molecule has 3 heterocycles. The molecule has 0 unspecified atom stereocenters. The fraction of sp³-hybridized carbons (Fsp3) is 0.473. The highest BCUT2D eigenvalue weighted by Crippen LogP contribution is 2.20. The number of H-pyrrole nitrogens is 3. The topological polar surface area (TPSA) is 352 Å². The fourth-order valence-electron chi connectivity index (χ4n) is 9.07. The third-order valence-electron chi connectivity index (χ3n) is 13.3. The number of amides is 9. The Morgan fingerprint density at radius 3 is 1.84 bits per heavy atom. The Labute approximate surface area is 469 Å². The van der Waals surface area contributed by atoms with Crippen LogP contribution >= 0.6 is 11.8 Å². The van der Waals surface area contributed by atoms with Gasteiger partial charge in [0.25, 0.3) is 0 Å². The molecular weight excluding hydrogens is 1050 g/mol. The van der Waals surface area contributed by atoms with E-state index in [0.717, 1.165) is 16.5 Å². The highest BCUT2D eigenvalue weighted by Gasteiger charge is 2.34. The van der Waals surface area contributed by atoms with E-state index in [4.69, 9.17) is 5.73 Å². The van der Waals surface area contributed by atoms with E-state index in [9.17, 15) is 43.2 Å². The number of nitrogens with zero attached hydrogens (tertiary/aromatic N) is 3. The lowest BCUT2D eigenvalue weighted by atomic mass is 10.0. The summed E-state index contributed by atoms with van der Waals surface area (Å²) < 4.78 is 0. The first-order chi connectivity index (χ1) is 38.3. The molecule has 5 aromatic rings. The zero-order chi connectivity index (χ0) is 58.3. The molecule has 0 spiro atoms. The molecule has 80 heavy (non-hydrogen) atoms. The first-order valence-electron chi connectivity index (χ1n) is 26.6. The van der Waals surface area contributed by atoms with Crippen LogP contribution in [-0.2, 0) is 68.8 Å². The van der Waals surface area contributed by atoms with E-state index < -0.39 is 108 Å². The van der Waals surface area contributed by atoms with Gasteiger partial charge in [-0.1, -0.05) is 76.2 Å². The summed E-state index contributed by atoms with van der Waals surface area (Å²) in [5.74, 6) is -5.25. The first-order valence-corrected chi connectivity index (χ1v) is 28.0. The van der Waals surface area contributed by atoms with Crippen LogP contribution in [0.2, 0.25) is 0 Å². The minimum Gasteiger partial charge on any atom is -0.368 e. The van der Waals surface area contributed by atoms with E-state index in [0.29, 0.717) is 48.4 Å². The predicted molar refractivity (Wildman–Crippen MR) is 303 cm³/mol. The maximum Gasteiger partial charge on any atom is 0.243 e. The van der Waals surface area contributed by atoms with Crippen molar-refractivity contribution in [1.29, 1.82) is 0 Å². The minimum absolute atomic E-state index is 0.00215. The van der Waals surface area contributed by atoms with Gasteiger partial charge in [-0.15, -0.1) is 0 Å². The number of thioether (sulfide) groups is 1. The summed E-state index contributed by atoms with van der Waals surface area (Å²) in [6.45, 7) is 8.03. The normalized spacial score (nSPS) is 14.3. The smallest absolute Gasteiger partial charge is 0.243 e. The summed E-state index contributed by atoms with van der Waals surface area (Å²) in [6.07, 6.45) is 11.0. The molecule has 0 saturated carbocycles. The van der Waals surface area contributed by atoms with Crippen molar-refractivity contribution in [2.24, 2.45) is 17.6 Å². The van der Waals surface area contributed by atoms with Gasteiger partial charge in [-0.25, -0.2) is 9.97 Å². The number of carbonyl (C=O) groups is 9. The monoisotopic (exact) mass is 1120 g/mol. The molecule has 13 N–H and O–H groups in total. The number of hydrogen-bond acceptors (Lipinski definition) is 13. The molecule has 25 heteroatoms. The Kier molecular flexibility index (Phi) is 24.7. The second-order valence-corrected chi connectivity index (χ2v) is 21.4. The molecule has 8 atom stereocenters. The average molecular weight is 1120 g/mol. The van der Waals surface area contributed by atoms with Gasteiger partial charge in [0.2, 0.25) is 53.7 Å². The predicted octanol–water partition coefficient (Wildman–Crippen LogP) is 0.285. The molecular formula is C55H77N15O9S. The van der Waals surface area contributed by atoms with E-state index in [1.165, 1.54) is 48.6 Å². The summed E-state index contributed by atoms with van der Waals surface area (Å²) in [5, 5.41) is 23.1. The molecule has 5 rings (SSSR count). The minimum atomic E-state index is -1.28. The summed E-state index contributed by atoms with van der Waals surface area (Å²) in [5.41, 5.74) is 9.12. The number of nitrogens with two attached hydrogens (primary N) is 1. The average Bonchev–Trinajstić information content (AvgIpc) is 4.24. The molecule has 0 radical (unpaired) electrons. The van der Waals surface area contributed by atoms with Gasteiger partial charge in [-0.3, -0.25) is 43.2 Å². The molecule has 432 valence electrons. The van der Waals surface area contributed by atoms with Crippen molar-refractivity contribution in [3.05, 3.63) is 108 Å². The lowest BCUT2D eigenvalue weighted by molar-refractivity contribution is -0.135. The number of rotatable bonds is 34. The van der Waals surface area contributed by atoms with Crippen LogP contribution in [0.25, 0.3) is 10.9 Å². The van der Waals surface area contributed by atoms with E-state index in [-0.39, 0.29) is 31.7 Å². The van der Waals surface area contributed by atoms with Crippen LogP contribution in [0.1, 0.15) is 70.0 Å². The Bertz CT molecular complexity index is 2810. The number of likely N-dealkylation sites (N-methyl/N-ethyl adjacent to an activating group) is 1. The SMILES string of the molecule is CN[C@@H](Cc1ccccc1)C(=O)N[C@@H](Cc1cnc[nH]1)C(=O)N[C@@H](Cc1c[nH]c2ccccc12)C(=O)N[C@@H](C)C(=O)N[C@H](C(=O)NCC(=O)N[C@@H](Cc1cnc[nH]1)C(=O)N[C@@H](CC(C)C)CN(C=O)[C@@H](CCSC)C(N)=O)C(C)C. The van der Waals surface area contributed by atoms with Crippen LogP contribution in [-0.4, -0.2) is 164 Å². The lowest BCUT2D eigenvalue weighted by Crippen LogP contribution is -2.60. The van der Waals surface area contributed by atoms with Crippen molar-refractivity contribution in [2.75, 3.05) is 32.1 Å². The van der Waals surface area contributed by atoms with Gasteiger partial charge in [0.05, 0.1) is 25.2 Å². The fourth-order valence-corrected chi connectivity index (χ4v) is 9.52. The van der Waals surface area contributed by atoms with Crippen LogP contribution in [0.5, 0.6) is 0 Å². The lowest BCUT2D eigenvalue weighted by Gasteiger charge is -2.32. The van der Waals surface area contributed by atoms with E-state index in [1.807, 2.05) is 74.7 Å². The number of para-hydroxylation sites is 1. The Balaban J connectivity index is 1.26. The van der Waals surface area contributed by atoms with Gasteiger partial charge in [0.1, 0.15) is 36.3 Å². The third-order valence-corrected chi connectivity index (χ3v) is 14.0. The molecule has 0 aliphatic rings. The molecule has 0 saturated heterocycles. The molecule has 24 nitrogen and oxygen atoms in total. The molecule has 0 aliphatic heterocycles. The molecule has 3 aromatic heterocycles. The third kappa shape index (κ3) is 19.4. The van der Waals surface area contributed by atoms with Crippen molar-refractivity contribution in [2.45, 2.75) is 121 Å². The van der Waals surface area contributed by atoms with Crippen molar-refractivity contribution >= 4 is 76.3 Å². The standard InChI is InChI=1S/C55H77N15O9S/c1-32(2)19-39(28-70(31-71)46(49(56)73)17-18-80-7)65-53(77)44(22-37-25-58-29-62-37)66-47(72)27-61-55(79)48(33(3)4)69-50(74)34(5)64-52(76)43(21-36-24-60-41-16-12-11-15-40(36)41)67-54(78)45(23-38-26-59-30-63-38)68-51(75)42(57-6)20-35-13-9-8-10-14-35/h8-16,24-26,29-34,39,42-46,48,57,60H,17-23,27-28H2,1-7H3,(H2,56,73)(H,58,62)(H,59,63)(H,61,79)(H,64,76)(H,65,77)(H,66,72)(H,67,78)(H,68,75)(H,69,74)/t34-,39-,42-,43-,44-,45-,46-,48-/m0/s1. The van der Waals surface area contributed by atoms with Crippen LogP contribution in [0.4, 0.5) is 0 Å². The number of fused-ring (bicyclic) bond motifs is 1. The van der Waals surface area contributed by atoms with Crippen LogP contribution in [0, 0.1) is 11.8 Å². The summed E-state index contributed by atoms with van der Waals surface area (Å²) >= 11 is 1.50. The summed E-state index contributed by atoms with van der Waals surface area (Å²) in [4.78, 5) is 141. The van der Waals surface area contributed by atoms with E-state index in [2.05, 4.69) is 67.5 Å². The van der Waals surface area contributed by atoms with Crippen LogP contribution in [0.15, 0.2) is 85.8 Å². The van der Waals surface area contributed by atoms with Gasteiger partial charge >= 0.3 is 0 Å². The van der Waals surface area contributed by atoms with Crippen molar-refractivity contribution < 1.29 is 43.2 Å². The number of imidazole rings is 2. The molecule has 2 aromatic carbocycles. The van der Waals surface area contributed by atoms with Crippen molar-refractivity contribution in [1.82, 2.24) is 72.4 Å². The molecule has 9 amide bonds. The quantitative estimate of drug-likeness (QED) is 0.0247. The second-order valence-electron chi connectivity index (χ2n) is 20.4. The maximum absolute atomic E-state index is 14.4. The van der Waals surface area contributed by atoms with Gasteiger partial charge in [-0.2, -0.15) is 11.8 Å². The first kappa shape index (κ1) is 62.8. The molecule has 0 bridgehead atoms. The molecule has 0 fully saturated rings. The molecule has 0 aliphatic carbocycles. The summed E-state index contributed by atoms with van der Waals surface area (Å²) in [7, 11) is 1.65. The van der Waals surface area contributed by atoms with Gasteiger partial charge < -0.3 is 68.1 Å². The number of primary amides is 1. The Hall–Kier alpha value is -8.06.